The van der Waals surface area contributed by atoms with Gasteiger partial charge in [-0.15, -0.1) is 0 Å². The fourth-order valence-corrected chi connectivity index (χ4v) is 3.91. The first kappa shape index (κ1) is 15.2. The van der Waals surface area contributed by atoms with E-state index < -0.39 is 19.3 Å². The van der Waals surface area contributed by atoms with Gasteiger partial charge in [0.05, 0.1) is 6.26 Å². The molecule has 1 fully saturated rings. The Morgan fingerprint density at radius 1 is 1.29 bits per heavy atom. The lowest BCUT2D eigenvalue weighted by Gasteiger charge is -2.32. The van der Waals surface area contributed by atoms with Crippen molar-refractivity contribution in [3.8, 4) is 0 Å². The molecule has 0 aliphatic carbocycles. The Balaban J connectivity index is 2.55. The Hall–Kier alpha value is 0.110. The number of hydrogen-bond donors (Lipinski definition) is 1. The monoisotopic (exact) mass is 304 g/mol. The topological polar surface area (TPSA) is 83.6 Å². The second-order valence-electron chi connectivity index (χ2n) is 4.16. The summed E-state index contributed by atoms with van der Waals surface area (Å²) >= 11 is 0. The molecule has 17 heavy (non-hydrogen) atoms. The first-order chi connectivity index (χ1) is 7.70. The molecule has 0 spiro atoms. The van der Waals surface area contributed by atoms with Crippen LogP contribution in [0.1, 0.15) is 25.7 Å². The molecule has 0 aromatic carbocycles. The molecule has 102 valence electrons. The first-order valence-corrected chi connectivity index (χ1v) is 9.52. The van der Waals surface area contributed by atoms with Crippen LogP contribution in [0.25, 0.3) is 0 Å². The van der Waals surface area contributed by atoms with Gasteiger partial charge in [-0.2, -0.15) is 12.7 Å². The Bertz CT molecular complexity index is 448. The van der Waals surface area contributed by atoms with Gasteiger partial charge >= 0.3 is 0 Å². The zero-order valence-corrected chi connectivity index (χ0v) is 12.0. The van der Waals surface area contributed by atoms with E-state index in [1.165, 1.54) is 4.31 Å². The van der Waals surface area contributed by atoms with Crippen molar-refractivity contribution in [2.75, 3.05) is 19.3 Å². The predicted octanol–water partition coefficient (Wildman–Crippen LogP) is 0.264. The molecule has 0 aromatic heterocycles. The predicted molar refractivity (Wildman–Crippen MR) is 66.6 cm³/mol. The number of piperidine rings is 1. The third-order valence-electron chi connectivity index (χ3n) is 2.70. The molecule has 1 aliphatic rings. The summed E-state index contributed by atoms with van der Waals surface area (Å²) in [6.45, 7) is 0.641. The fourth-order valence-electron chi connectivity index (χ4n) is 1.96. The minimum atomic E-state index is -3.71. The maximum absolute atomic E-state index is 11.3. The summed E-state index contributed by atoms with van der Waals surface area (Å²) in [5.74, 6) is 0. The van der Waals surface area contributed by atoms with Crippen LogP contribution in [-0.4, -0.2) is 46.5 Å². The molecule has 1 rings (SSSR count). The average Bonchev–Trinajstić information content (AvgIpc) is 2.15. The highest BCUT2D eigenvalue weighted by Gasteiger charge is 2.30. The molecular weight excluding hydrogens is 288 g/mol. The Morgan fingerprint density at radius 2 is 1.94 bits per heavy atom. The Kier molecular flexibility index (Phi) is 5.21. The van der Waals surface area contributed by atoms with Crippen LogP contribution in [-0.2, 0) is 19.3 Å². The summed E-state index contributed by atoms with van der Waals surface area (Å²) in [5, 5.41) is 0. The molecule has 1 aliphatic heterocycles. The normalized spacial score (nSPS) is 23.8. The standard InChI is InChI=1S/C8H17ClN2O4S2/c1-16(12,13)10-6-5-8-4-2-3-7-11(8)17(9,14)15/h8,10H,2-7H2,1H3. The Morgan fingerprint density at radius 3 is 2.47 bits per heavy atom. The summed E-state index contributed by atoms with van der Waals surface area (Å²) < 4.78 is 48.0. The zero-order chi connectivity index (χ0) is 13.1. The van der Waals surface area contributed by atoms with Gasteiger partial charge in [0.25, 0.3) is 9.24 Å². The van der Waals surface area contributed by atoms with Crippen LogP contribution in [0.4, 0.5) is 0 Å². The highest BCUT2D eigenvalue weighted by Crippen LogP contribution is 2.24. The summed E-state index contributed by atoms with van der Waals surface area (Å²) in [5.41, 5.74) is 0. The van der Waals surface area contributed by atoms with Crippen molar-refractivity contribution in [3.05, 3.63) is 0 Å². The molecule has 6 nitrogen and oxygen atoms in total. The van der Waals surface area contributed by atoms with Crippen LogP contribution >= 0.6 is 10.7 Å². The van der Waals surface area contributed by atoms with Crippen LogP contribution in [0.15, 0.2) is 0 Å². The Labute approximate surface area is 107 Å². The van der Waals surface area contributed by atoms with Gasteiger partial charge in [0.15, 0.2) is 0 Å². The quantitative estimate of drug-likeness (QED) is 0.739. The van der Waals surface area contributed by atoms with Crippen LogP contribution in [0.5, 0.6) is 0 Å². The number of halogens is 1. The zero-order valence-electron chi connectivity index (χ0n) is 9.59. The third kappa shape index (κ3) is 5.52. The molecule has 0 saturated carbocycles. The van der Waals surface area contributed by atoms with Crippen molar-refractivity contribution in [2.45, 2.75) is 31.7 Å². The highest BCUT2D eigenvalue weighted by molar-refractivity contribution is 8.11. The molecule has 1 heterocycles. The van der Waals surface area contributed by atoms with E-state index >= 15 is 0 Å². The van der Waals surface area contributed by atoms with Crippen LogP contribution in [0.3, 0.4) is 0 Å². The van der Waals surface area contributed by atoms with Gasteiger partial charge < -0.3 is 0 Å². The number of rotatable bonds is 5. The second-order valence-corrected chi connectivity index (χ2v) is 8.45. The highest BCUT2D eigenvalue weighted by atomic mass is 35.7. The van der Waals surface area contributed by atoms with E-state index in [0.717, 1.165) is 25.5 Å². The van der Waals surface area contributed by atoms with E-state index in [1.54, 1.807) is 0 Å². The lowest BCUT2D eigenvalue weighted by Crippen LogP contribution is -2.43. The van der Waals surface area contributed by atoms with Gasteiger partial charge in [-0.3, -0.25) is 0 Å². The maximum atomic E-state index is 11.3. The van der Waals surface area contributed by atoms with Crippen molar-refractivity contribution >= 4 is 29.9 Å². The largest absolute Gasteiger partial charge is 0.300 e. The van der Waals surface area contributed by atoms with Gasteiger partial charge in [0, 0.05) is 29.8 Å². The lowest BCUT2D eigenvalue weighted by atomic mass is 10.0. The minimum Gasteiger partial charge on any atom is -0.215 e. The number of sulfonamides is 1. The van der Waals surface area contributed by atoms with Crippen molar-refractivity contribution in [3.63, 3.8) is 0 Å². The first-order valence-electron chi connectivity index (χ1n) is 5.36. The van der Waals surface area contributed by atoms with Crippen LogP contribution in [0, 0.1) is 0 Å². The molecule has 1 unspecified atom stereocenters. The molecule has 0 aromatic rings. The van der Waals surface area contributed by atoms with Crippen LogP contribution in [0.2, 0.25) is 0 Å². The number of nitrogens with zero attached hydrogens (tertiary/aromatic N) is 1. The molecule has 1 N–H and O–H groups in total. The third-order valence-corrected chi connectivity index (χ3v) is 5.00. The summed E-state index contributed by atoms with van der Waals surface area (Å²) in [6, 6.07) is -0.208. The molecule has 1 atom stereocenters. The van der Waals surface area contributed by atoms with Gasteiger partial charge in [0.1, 0.15) is 0 Å². The molecular formula is C8H17ClN2O4S2. The molecule has 0 amide bonds. The average molecular weight is 305 g/mol. The smallest absolute Gasteiger partial charge is 0.215 e. The van der Waals surface area contributed by atoms with Gasteiger partial charge in [-0.25, -0.2) is 13.1 Å². The van der Waals surface area contributed by atoms with Crippen molar-refractivity contribution in [1.82, 2.24) is 9.03 Å². The van der Waals surface area contributed by atoms with Crippen molar-refractivity contribution in [2.24, 2.45) is 0 Å². The van der Waals surface area contributed by atoms with Gasteiger partial charge in [-0.1, -0.05) is 6.42 Å². The maximum Gasteiger partial charge on any atom is 0.300 e. The van der Waals surface area contributed by atoms with E-state index in [1.807, 2.05) is 0 Å². The lowest BCUT2D eigenvalue weighted by molar-refractivity contribution is 0.246. The molecule has 9 heteroatoms. The fraction of sp³-hybridized carbons (Fsp3) is 1.00. The second kappa shape index (κ2) is 5.83. The molecule has 0 radical (unpaired) electrons. The number of nitrogens with one attached hydrogen (secondary N) is 1. The number of hydrogen-bond acceptors (Lipinski definition) is 4. The van der Waals surface area contributed by atoms with E-state index in [0.29, 0.717) is 13.0 Å². The van der Waals surface area contributed by atoms with E-state index in [4.69, 9.17) is 10.7 Å². The summed E-state index contributed by atoms with van der Waals surface area (Å²) in [4.78, 5) is 0. The minimum absolute atomic E-state index is 0.208. The molecule has 0 bridgehead atoms. The SMILES string of the molecule is CS(=O)(=O)NCCC1CCCCN1S(=O)(=O)Cl. The molecule has 1 saturated heterocycles. The summed E-state index contributed by atoms with van der Waals surface area (Å²) in [6.07, 6.45) is 3.97. The van der Waals surface area contributed by atoms with Crippen LogP contribution < -0.4 is 4.72 Å². The van der Waals surface area contributed by atoms with Gasteiger partial charge in [-0.05, 0) is 19.3 Å². The van der Waals surface area contributed by atoms with Crippen molar-refractivity contribution in [1.29, 1.82) is 0 Å². The van der Waals surface area contributed by atoms with E-state index in [9.17, 15) is 16.8 Å². The van der Waals surface area contributed by atoms with Gasteiger partial charge in [0.2, 0.25) is 10.0 Å². The van der Waals surface area contributed by atoms with E-state index in [-0.39, 0.29) is 12.6 Å². The summed E-state index contributed by atoms with van der Waals surface area (Å²) in [7, 11) is -1.61. The van der Waals surface area contributed by atoms with E-state index in [2.05, 4.69) is 4.72 Å². The van der Waals surface area contributed by atoms with Crippen molar-refractivity contribution < 1.29 is 16.8 Å².